The summed E-state index contributed by atoms with van der Waals surface area (Å²) in [4.78, 5) is 36.0. The van der Waals surface area contributed by atoms with Crippen molar-refractivity contribution in [1.29, 1.82) is 0 Å². The highest BCUT2D eigenvalue weighted by molar-refractivity contribution is 5.92. The SMILES string of the molecule is O=C(C1CC1C(=O)N1CCN(c2ccccn2)CC1)N1CCCCCC1. The van der Waals surface area contributed by atoms with E-state index in [0.29, 0.717) is 0 Å². The number of hydrogen-bond donors (Lipinski definition) is 0. The first-order chi connectivity index (χ1) is 12.7. The summed E-state index contributed by atoms with van der Waals surface area (Å²) < 4.78 is 0. The summed E-state index contributed by atoms with van der Waals surface area (Å²) in [6.07, 6.45) is 7.19. The molecule has 1 aromatic heterocycles. The number of piperazine rings is 1. The lowest BCUT2D eigenvalue weighted by Gasteiger charge is -2.35. The summed E-state index contributed by atoms with van der Waals surface area (Å²) in [5, 5.41) is 0. The van der Waals surface area contributed by atoms with Crippen molar-refractivity contribution < 1.29 is 9.59 Å². The smallest absolute Gasteiger partial charge is 0.226 e. The minimum absolute atomic E-state index is 0.0607. The molecule has 2 saturated heterocycles. The normalized spacial score (nSPS) is 26.4. The Hall–Kier alpha value is -2.11. The van der Waals surface area contributed by atoms with E-state index >= 15 is 0 Å². The number of rotatable bonds is 3. The Morgan fingerprint density at radius 3 is 2.00 bits per heavy atom. The van der Waals surface area contributed by atoms with Crippen molar-refractivity contribution in [3.05, 3.63) is 24.4 Å². The molecule has 2 unspecified atom stereocenters. The van der Waals surface area contributed by atoms with Gasteiger partial charge in [0.2, 0.25) is 11.8 Å². The van der Waals surface area contributed by atoms with Crippen molar-refractivity contribution >= 4 is 17.6 Å². The molecule has 6 nitrogen and oxygen atoms in total. The lowest BCUT2D eigenvalue weighted by molar-refractivity contribution is -0.138. The van der Waals surface area contributed by atoms with Crippen LogP contribution in [0.2, 0.25) is 0 Å². The van der Waals surface area contributed by atoms with E-state index in [2.05, 4.69) is 9.88 Å². The molecule has 0 aromatic carbocycles. The summed E-state index contributed by atoms with van der Waals surface area (Å²) in [5.41, 5.74) is 0. The van der Waals surface area contributed by atoms with E-state index in [4.69, 9.17) is 0 Å². The van der Waals surface area contributed by atoms with E-state index in [1.807, 2.05) is 28.0 Å². The van der Waals surface area contributed by atoms with Gasteiger partial charge < -0.3 is 14.7 Å². The Morgan fingerprint density at radius 2 is 1.42 bits per heavy atom. The van der Waals surface area contributed by atoms with Crippen molar-refractivity contribution in [1.82, 2.24) is 14.8 Å². The van der Waals surface area contributed by atoms with E-state index in [-0.39, 0.29) is 23.7 Å². The van der Waals surface area contributed by atoms with E-state index in [1.165, 1.54) is 12.8 Å². The lowest BCUT2D eigenvalue weighted by atomic mass is 10.2. The summed E-state index contributed by atoms with van der Waals surface area (Å²) in [5.74, 6) is 1.23. The molecule has 2 atom stereocenters. The quantitative estimate of drug-likeness (QED) is 0.828. The minimum atomic E-state index is -0.0767. The standard InChI is InChI=1S/C20H28N4O2/c25-19(23-9-5-1-2-6-10-23)16-15-17(16)20(26)24-13-11-22(12-14-24)18-7-3-4-8-21-18/h3-4,7-8,16-17H,1-2,5-6,9-15H2. The van der Waals surface area contributed by atoms with Gasteiger partial charge in [0, 0.05) is 45.5 Å². The van der Waals surface area contributed by atoms with Crippen LogP contribution in [0.15, 0.2) is 24.4 Å². The number of amides is 2. The summed E-state index contributed by atoms with van der Waals surface area (Å²) in [6.45, 7) is 4.80. The molecule has 1 saturated carbocycles. The summed E-state index contributed by atoms with van der Waals surface area (Å²) in [7, 11) is 0. The van der Waals surface area contributed by atoms with Crippen LogP contribution >= 0.6 is 0 Å². The van der Waals surface area contributed by atoms with Gasteiger partial charge in [-0.1, -0.05) is 18.9 Å². The molecule has 4 rings (SSSR count). The fourth-order valence-corrected chi connectivity index (χ4v) is 4.20. The van der Waals surface area contributed by atoms with Crippen molar-refractivity contribution in [2.24, 2.45) is 11.8 Å². The molecule has 140 valence electrons. The summed E-state index contributed by atoms with van der Waals surface area (Å²) >= 11 is 0. The zero-order valence-electron chi connectivity index (χ0n) is 15.3. The van der Waals surface area contributed by atoms with E-state index < -0.39 is 0 Å². The Bertz CT molecular complexity index is 634. The van der Waals surface area contributed by atoms with Crippen LogP contribution in [0, 0.1) is 11.8 Å². The first-order valence-electron chi connectivity index (χ1n) is 9.97. The molecular weight excluding hydrogens is 328 g/mol. The topological polar surface area (TPSA) is 56.8 Å². The number of anilines is 1. The maximum Gasteiger partial charge on any atom is 0.226 e. The number of likely N-dealkylation sites (tertiary alicyclic amines) is 1. The monoisotopic (exact) mass is 356 g/mol. The second-order valence-corrected chi connectivity index (χ2v) is 7.69. The number of aromatic nitrogens is 1. The molecule has 0 spiro atoms. The molecule has 2 aliphatic heterocycles. The zero-order chi connectivity index (χ0) is 17.9. The highest BCUT2D eigenvalue weighted by atomic mass is 16.2. The van der Waals surface area contributed by atoms with Gasteiger partial charge in [0.1, 0.15) is 5.82 Å². The van der Waals surface area contributed by atoms with E-state index in [1.54, 1.807) is 6.20 Å². The van der Waals surface area contributed by atoms with Gasteiger partial charge >= 0.3 is 0 Å². The van der Waals surface area contributed by atoms with Crippen molar-refractivity contribution in [3.8, 4) is 0 Å². The van der Waals surface area contributed by atoms with Crippen molar-refractivity contribution in [2.45, 2.75) is 32.1 Å². The van der Waals surface area contributed by atoms with Crippen LogP contribution in [0.1, 0.15) is 32.1 Å². The molecule has 0 radical (unpaired) electrons. The van der Waals surface area contributed by atoms with Crippen LogP contribution in [0.25, 0.3) is 0 Å². The predicted molar refractivity (Wildman–Crippen MR) is 99.7 cm³/mol. The second kappa shape index (κ2) is 7.64. The van der Waals surface area contributed by atoms with Gasteiger partial charge in [-0.25, -0.2) is 4.98 Å². The molecule has 3 aliphatic rings. The number of pyridine rings is 1. The molecule has 1 aromatic rings. The van der Waals surface area contributed by atoms with Crippen LogP contribution in [-0.4, -0.2) is 65.9 Å². The Balaban J connectivity index is 1.27. The van der Waals surface area contributed by atoms with Gasteiger partial charge in [-0.05, 0) is 31.4 Å². The van der Waals surface area contributed by atoms with E-state index in [9.17, 15) is 9.59 Å². The molecule has 26 heavy (non-hydrogen) atoms. The first kappa shape index (κ1) is 17.3. The van der Waals surface area contributed by atoms with Gasteiger partial charge in [0.25, 0.3) is 0 Å². The molecule has 3 fully saturated rings. The van der Waals surface area contributed by atoms with Crippen LogP contribution in [0.4, 0.5) is 5.82 Å². The first-order valence-corrected chi connectivity index (χ1v) is 9.97. The second-order valence-electron chi connectivity index (χ2n) is 7.69. The highest BCUT2D eigenvalue weighted by Gasteiger charge is 2.51. The molecule has 3 heterocycles. The fraction of sp³-hybridized carbons (Fsp3) is 0.650. The number of hydrogen-bond acceptors (Lipinski definition) is 4. The summed E-state index contributed by atoms with van der Waals surface area (Å²) in [6, 6.07) is 5.91. The van der Waals surface area contributed by atoms with Gasteiger partial charge in [0.05, 0.1) is 11.8 Å². The van der Waals surface area contributed by atoms with Crippen molar-refractivity contribution in [2.75, 3.05) is 44.2 Å². The van der Waals surface area contributed by atoms with Crippen molar-refractivity contribution in [3.63, 3.8) is 0 Å². The highest BCUT2D eigenvalue weighted by Crippen LogP contribution is 2.42. The predicted octanol–water partition coefficient (Wildman–Crippen LogP) is 1.77. The fourth-order valence-electron chi connectivity index (χ4n) is 4.20. The number of carbonyl (C=O) groups is 2. The molecule has 0 bridgehead atoms. The minimum Gasteiger partial charge on any atom is -0.353 e. The van der Waals surface area contributed by atoms with Crippen LogP contribution in [-0.2, 0) is 9.59 Å². The number of carbonyl (C=O) groups excluding carboxylic acids is 2. The average molecular weight is 356 g/mol. The van der Waals surface area contributed by atoms with E-state index in [0.717, 1.165) is 64.3 Å². The maximum atomic E-state index is 12.8. The van der Waals surface area contributed by atoms with Crippen LogP contribution < -0.4 is 4.90 Å². The Labute approximate surface area is 155 Å². The third kappa shape index (κ3) is 3.69. The lowest BCUT2D eigenvalue weighted by Crippen LogP contribution is -2.49. The van der Waals surface area contributed by atoms with Gasteiger partial charge in [-0.3, -0.25) is 9.59 Å². The van der Waals surface area contributed by atoms with Gasteiger partial charge in [-0.15, -0.1) is 0 Å². The zero-order valence-corrected chi connectivity index (χ0v) is 15.3. The third-order valence-electron chi connectivity index (χ3n) is 5.91. The maximum absolute atomic E-state index is 12.8. The molecule has 6 heteroatoms. The molecule has 2 amide bonds. The molecule has 0 N–H and O–H groups in total. The molecule has 1 aliphatic carbocycles. The Kier molecular flexibility index (Phi) is 5.09. The average Bonchev–Trinajstić information content (AvgIpc) is 3.52. The third-order valence-corrected chi connectivity index (χ3v) is 5.91. The van der Waals surface area contributed by atoms with Crippen LogP contribution in [0.3, 0.4) is 0 Å². The van der Waals surface area contributed by atoms with Gasteiger partial charge in [0.15, 0.2) is 0 Å². The molecular formula is C20H28N4O2. The number of nitrogens with zero attached hydrogens (tertiary/aromatic N) is 4. The van der Waals surface area contributed by atoms with Gasteiger partial charge in [-0.2, -0.15) is 0 Å². The largest absolute Gasteiger partial charge is 0.353 e. The Morgan fingerprint density at radius 1 is 0.808 bits per heavy atom. The van der Waals surface area contributed by atoms with Crippen LogP contribution in [0.5, 0.6) is 0 Å².